The number of rotatable bonds is 11. The molecule has 1 atom stereocenters. The molecule has 0 aliphatic carbocycles. The number of halogens is 1. The number of anilines is 1. The smallest absolute Gasteiger partial charge is 0.249 e. The summed E-state index contributed by atoms with van der Waals surface area (Å²) in [5.74, 6) is -0.514. The summed E-state index contributed by atoms with van der Waals surface area (Å²) in [5, 5.41) is 6.28. The van der Waals surface area contributed by atoms with E-state index >= 15 is 0 Å². The number of carbonyl (C=O) groups excluding carboxylic acids is 3. The van der Waals surface area contributed by atoms with E-state index < -0.39 is 17.5 Å². The predicted octanol–water partition coefficient (Wildman–Crippen LogP) is 5.04. The molecule has 9 heteroatoms. The van der Waals surface area contributed by atoms with Crippen molar-refractivity contribution >= 4 is 23.4 Å². The lowest BCUT2D eigenvalue weighted by Crippen LogP contribution is -2.50. The van der Waals surface area contributed by atoms with Gasteiger partial charge in [0.15, 0.2) is 0 Å². The van der Waals surface area contributed by atoms with E-state index in [0.717, 1.165) is 28.0 Å². The molecular formula is C35H37FN4O4. The minimum atomic E-state index is -0.765. The summed E-state index contributed by atoms with van der Waals surface area (Å²) in [6, 6.07) is 22.7. The van der Waals surface area contributed by atoms with E-state index in [9.17, 15) is 18.8 Å². The first-order valence-corrected chi connectivity index (χ1v) is 14.7. The third kappa shape index (κ3) is 7.60. The van der Waals surface area contributed by atoms with E-state index in [1.54, 1.807) is 17.2 Å². The maximum absolute atomic E-state index is 14.2. The van der Waals surface area contributed by atoms with Crippen LogP contribution in [0.15, 0.2) is 89.5 Å². The van der Waals surface area contributed by atoms with Gasteiger partial charge in [-0.2, -0.15) is 0 Å². The van der Waals surface area contributed by atoms with Crippen LogP contribution in [0, 0.1) is 5.82 Å². The standard InChI is InChI=1S/C35H37FN4O4/c1-35(2,38-21-28-7-5-17-44-28)20-33(42)39-30-15-13-26-18-27(36)14-16-31(26)40(34(30)43)22-23-9-11-24(12-10-23)29-8-4-3-6-25(29)19-32(37)41/h3-12,14,16-18,30,38H,13,15,19-22H2,1-2H3,(H2,37,41)(H,39,42)/t30-/m1/s1. The van der Waals surface area contributed by atoms with Crippen LogP contribution in [0.1, 0.15) is 49.1 Å². The monoisotopic (exact) mass is 596 g/mol. The zero-order valence-corrected chi connectivity index (χ0v) is 24.9. The van der Waals surface area contributed by atoms with E-state index in [1.165, 1.54) is 12.1 Å². The van der Waals surface area contributed by atoms with Crippen molar-refractivity contribution in [3.63, 3.8) is 0 Å². The number of aryl methyl sites for hydroxylation is 1. The topological polar surface area (TPSA) is 118 Å². The molecule has 4 aromatic rings. The first-order valence-electron chi connectivity index (χ1n) is 14.7. The van der Waals surface area contributed by atoms with Gasteiger partial charge in [-0.3, -0.25) is 14.4 Å². The van der Waals surface area contributed by atoms with Gasteiger partial charge in [-0.1, -0.05) is 48.5 Å². The Morgan fingerprint density at radius 3 is 2.55 bits per heavy atom. The average molecular weight is 597 g/mol. The summed E-state index contributed by atoms with van der Waals surface area (Å²) >= 11 is 0. The van der Waals surface area contributed by atoms with Crippen LogP contribution in [0.4, 0.5) is 10.1 Å². The van der Waals surface area contributed by atoms with Crippen molar-refractivity contribution in [2.24, 2.45) is 5.73 Å². The number of hydrogen-bond acceptors (Lipinski definition) is 5. The Labute approximate surface area is 256 Å². The number of amides is 3. The van der Waals surface area contributed by atoms with Crippen LogP contribution in [-0.2, 0) is 40.3 Å². The molecule has 0 bridgehead atoms. The van der Waals surface area contributed by atoms with Crippen molar-refractivity contribution in [2.75, 3.05) is 4.90 Å². The molecule has 3 aromatic carbocycles. The molecule has 1 aliphatic heterocycles. The molecule has 5 rings (SSSR count). The molecule has 0 saturated heterocycles. The quantitative estimate of drug-likeness (QED) is 0.224. The van der Waals surface area contributed by atoms with E-state index in [4.69, 9.17) is 10.2 Å². The average Bonchev–Trinajstić information content (AvgIpc) is 3.47. The maximum atomic E-state index is 14.2. The lowest BCUT2D eigenvalue weighted by Gasteiger charge is -2.29. The lowest BCUT2D eigenvalue weighted by atomic mass is 9.96. The Morgan fingerprint density at radius 1 is 1.05 bits per heavy atom. The Kier molecular flexibility index (Phi) is 9.25. The summed E-state index contributed by atoms with van der Waals surface area (Å²) in [6.07, 6.45) is 2.68. The van der Waals surface area contributed by atoms with Crippen LogP contribution in [0.3, 0.4) is 0 Å². The van der Waals surface area contributed by atoms with Crippen molar-refractivity contribution in [1.82, 2.24) is 10.6 Å². The molecular weight excluding hydrogens is 559 g/mol. The third-order valence-corrected chi connectivity index (χ3v) is 7.85. The van der Waals surface area contributed by atoms with Crippen molar-refractivity contribution in [2.45, 2.75) is 64.2 Å². The Balaban J connectivity index is 1.33. The second-order valence-electron chi connectivity index (χ2n) is 11.8. The van der Waals surface area contributed by atoms with Gasteiger partial charge >= 0.3 is 0 Å². The molecule has 0 spiro atoms. The molecule has 0 radical (unpaired) electrons. The molecule has 0 saturated carbocycles. The number of hydrogen-bond donors (Lipinski definition) is 3. The summed E-state index contributed by atoms with van der Waals surface area (Å²) in [6.45, 7) is 4.56. The molecule has 1 aliphatic rings. The van der Waals surface area contributed by atoms with E-state index in [0.29, 0.717) is 30.6 Å². The predicted molar refractivity (Wildman–Crippen MR) is 167 cm³/mol. The van der Waals surface area contributed by atoms with Crippen molar-refractivity contribution < 1.29 is 23.2 Å². The summed E-state index contributed by atoms with van der Waals surface area (Å²) in [4.78, 5) is 40.3. The molecule has 228 valence electrons. The number of primary amides is 1. The molecule has 4 N–H and O–H groups in total. The number of nitrogens with zero attached hydrogens (tertiary/aromatic N) is 1. The van der Waals surface area contributed by atoms with Crippen molar-refractivity contribution in [3.8, 4) is 11.1 Å². The number of carbonyl (C=O) groups is 3. The first-order chi connectivity index (χ1) is 21.1. The highest BCUT2D eigenvalue weighted by Crippen LogP contribution is 2.31. The van der Waals surface area contributed by atoms with Gasteiger partial charge in [0.25, 0.3) is 0 Å². The summed E-state index contributed by atoms with van der Waals surface area (Å²) < 4.78 is 19.6. The molecule has 8 nitrogen and oxygen atoms in total. The van der Waals surface area contributed by atoms with Crippen LogP contribution in [0.5, 0.6) is 0 Å². The van der Waals surface area contributed by atoms with Crippen LogP contribution in [0.2, 0.25) is 0 Å². The number of furan rings is 1. The fraction of sp³-hybridized carbons (Fsp3) is 0.286. The van der Waals surface area contributed by atoms with Crippen molar-refractivity contribution in [3.05, 3.63) is 113 Å². The van der Waals surface area contributed by atoms with Crippen LogP contribution in [-0.4, -0.2) is 29.3 Å². The maximum Gasteiger partial charge on any atom is 0.249 e. The first kappa shape index (κ1) is 30.7. The Bertz CT molecular complexity index is 1630. The third-order valence-electron chi connectivity index (χ3n) is 7.85. The largest absolute Gasteiger partial charge is 0.468 e. The van der Waals surface area contributed by atoms with E-state index in [1.807, 2.05) is 74.5 Å². The van der Waals surface area contributed by atoms with Crippen LogP contribution in [0.25, 0.3) is 11.1 Å². The molecule has 0 fully saturated rings. The molecule has 44 heavy (non-hydrogen) atoms. The van der Waals surface area contributed by atoms with E-state index in [-0.39, 0.29) is 37.0 Å². The zero-order chi connectivity index (χ0) is 31.3. The molecule has 2 heterocycles. The van der Waals surface area contributed by atoms with Gasteiger partial charge in [-0.05, 0) is 84.8 Å². The molecule has 0 unspecified atom stereocenters. The fourth-order valence-electron chi connectivity index (χ4n) is 5.61. The number of nitrogens with one attached hydrogen (secondary N) is 2. The molecule has 3 amide bonds. The van der Waals surface area contributed by atoms with Gasteiger partial charge in [-0.15, -0.1) is 0 Å². The number of benzene rings is 3. The van der Waals surface area contributed by atoms with Gasteiger partial charge in [0, 0.05) is 17.6 Å². The number of nitrogens with two attached hydrogens (primary N) is 1. The minimum absolute atomic E-state index is 0.137. The SMILES string of the molecule is CC(C)(CC(=O)N[C@@H]1CCc2cc(F)ccc2N(Cc2ccc(-c3ccccc3CC(N)=O)cc2)C1=O)NCc1ccco1. The summed E-state index contributed by atoms with van der Waals surface area (Å²) in [7, 11) is 0. The van der Waals surface area contributed by atoms with E-state index in [2.05, 4.69) is 10.6 Å². The minimum Gasteiger partial charge on any atom is -0.468 e. The highest BCUT2D eigenvalue weighted by molar-refractivity contribution is 6.00. The lowest BCUT2D eigenvalue weighted by molar-refractivity contribution is -0.128. The van der Waals surface area contributed by atoms with Gasteiger partial charge < -0.3 is 25.7 Å². The molecule has 1 aromatic heterocycles. The summed E-state index contributed by atoms with van der Waals surface area (Å²) in [5.41, 5.74) is 9.77. The second-order valence-corrected chi connectivity index (χ2v) is 11.8. The Hall–Kier alpha value is -4.76. The zero-order valence-electron chi connectivity index (χ0n) is 24.9. The second kappa shape index (κ2) is 13.3. The van der Waals surface area contributed by atoms with Gasteiger partial charge in [-0.25, -0.2) is 4.39 Å². The highest BCUT2D eigenvalue weighted by atomic mass is 19.1. The van der Waals surface area contributed by atoms with Gasteiger partial charge in [0.2, 0.25) is 17.7 Å². The normalized spacial score (nSPS) is 15.0. The van der Waals surface area contributed by atoms with Crippen molar-refractivity contribution in [1.29, 1.82) is 0 Å². The highest BCUT2D eigenvalue weighted by Gasteiger charge is 2.33. The van der Waals surface area contributed by atoms with Gasteiger partial charge in [0.05, 0.1) is 25.8 Å². The van der Waals surface area contributed by atoms with Crippen LogP contribution < -0.4 is 21.3 Å². The van der Waals surface area contributed by atoms with Crippen LogP contribution >= 0.6 is 0 Å². The fourth-order valence-corrected chi connectivity index (χ4v) is 5.61. The Morgan fingerprint density at radius 2 is 1.82 bits per heavy atom. The van der Waals surface area contributed by atoms with Gasteiger partial charge in [0.1, 0.15) is 17.6 Å². The number of fused-ring (bicyclic) bond motifs is 1.